The Hall–Kier alpha value is -2.18. The molecule has 3 heterocycles. The van der Waals surface area contributed by atoms with Gasteiger partial charge in [-0.25, -0.2) is 4.79 Å². The van der Waals surface area contributed by atoms with Crippen LogP contribution in [0.4, 0.5) is 0 Å². The topological polar surface area (TPSA) is 55.4 Å². The van der Waals surface area contributed by atoms with E-state index in [0.29, 0.717) is 12.0 Å². The predicted octanol–water partition coefficient (Wildman–Crippen LogP) is 4.98. The molecule has 2 aliphatic rings. The lowest BCUT2D eigenvalue weighted by molar-refractivity contribution is -0.143. The molecule has 0 amide bonds. The van der Waals surface area contributed by atoms with E-state index < -0.39 is 0 Å². The van der Waals surface area contributed by atoms with Gasteiger partial charge >= 0.3 is 5.97 Å². The van der Waals surface area contributed by atoms with Crippen molar-refractivity contribution in [3.8, 4) is 0 Å². The maximum atomic E-state index is 13.3. The van der Waals surface area contributed by atoms with Gasteiger partial charge in [0.25, 0.3) is 0 Å². The number of ketones is 1. The molecule has 1 N–H and O–H groups in total. The largest absolute Gasteiger partial charge is 0.460 e. The van der Waals surface area contributed by atoms with Crippen LogP contribution < -0.4 is 5.32 Å². The number of hydrogen-bond acceptors (Lipinski definition) is 6. The highest BCUT2D eigenvalue weighted by atomic mass is 32.1. The second kappa shape index (κ2) is 7.68. The van der Waals surface area contributed by atoms with Crippen molar-refractivity contribution in [2.24, 2.45) is 5.92 Å². The van der Waals surface area contributed by atoms with Crippen LogP contribution in [0.25, 0.3) is 0 Å². The van der Waals surface area contributed by atoms with Gasteiger partial charge in [-0.2, -0.15) is 11.3 Å². The summed E-state index contributed by atoms with van der Waals surface area (Å²) in [7, 11) is 0. The van der Waals surface area contributed by atoms with Gasteiger partial charge < -0.3 is 10.1 Å². The number of allylic oxidation sites excluding steroid dienone is 3. The lowest BCUT2D eigenvalue weighted by Crippen LogP contribution is -2.42. The van der Waals surface area contributed by atoms with E-state index in [2.05, 4.69) is 17.5 Å². The van der Waals surface area contributed by atoms with Gasteiger partial charge in [-0.1, -0.05) is 12.1 Å². The molecular weight excluding hydrogens is 390 g/mol. The lowest BCUT2D eigenvalue weighted by atomic mass is 9.69. The fourth-order valence-corrected chi connectivity index (χ4v) is 5.61. The Morgan fingerprint density at radius 3 is 2.71 bits per heavy atom. The predicted molar refractivity (Wildman–Crippen MR) is 112 cm³/mol. The highest BCUT2D eigenvalue weighted by Gasteiger charge is 2.45. The molecule has 146 valence electrons. The Morgan fingerprint density at radius 2 is 2.07 bits per heavy atom. The molecule has 0 spiro atoms. The number of Topliss-reactive ketones (excluding diaryl/α,β-unsaturated/α-hetero) is 1. The summed E-state index contributed by atoms with van der Waals surface area (Å²) in [5.74, 6) is -0.761. The molecule has 6 heteroatoms. The third-order valence-corrected chi connectivity index (χ3v) is 6.94. The SMILES string of the molecule is CC1=C(C(=O)OC(C)C)C(c2ccsc2)C2C(=O)CC(c3cccs3)C=C2N1. The molecule has 2 aromatic rings. The molecule has 1 aliphatic heterocycles. The zero-order chi connectivity index (χ0) is 19.8. The number of thiophene rings is 2. The first-order valence-electron chi connectivity index (χ1n) is 9.44. The molecule has 28 heavy (non-hydrogen) atoms. The fraction of sp³-hybridized carbons (Fsp3) is 0.364. The molecule has 1 aliphatic carbocycles. The van der Waals surface area contributed by atoms with Gasteiger partial charge in [0.15, 0.2) is 0 Å². The zero-order valence-corrected chi connectivity index (χ0v) is 17.7. The lowest BCUT2D eigenvalue weighted by Gasteiger charge is -2.39. The van der Waals surface area contributed by atoms with E-state index >= 15 is 0 Å². The Kier molecular flexibility index (Phi) is 5.25. The van der Waals surface area contributed by atoms with E-state index in [-0.39, 0.29) is 35.6 Å². The minimum atomic E-state index is -0.371. The Bertz CT molecular complexity index is 939. The van der Waals surface area contributed by atoms with Crippen molar-refractivity contribution < 1.29 is 14.3 Å². The standard InChI is InChI=1S/C22H23NO3S2/c1-12(2)26-22(25)19-13(3)23-16-9-15(18-5-4-7-28-18)10-17(24)21(16)20(19)14-6-8-27-11-14/h4-9,11-12,15,20-21,23H,10H2,1-3H3. The maximum absolute atomic E-state index is 13.3. The van der Waals surface area contributed by atoms with Crippen molar-refractivity contribution in [2.45, 2.75) is 45.1 Å². The summed E-state index contributed by atoms with van der Waals surface area (Å²) < 4.78 is 5.52. The number of nitrogens with one attached hydrogen (secondary N) is 1. The van der Waals surface area contributed by atoms with Crippen LogP contribution in [0.15, 0.2) is 57.4 Å². The van der Waals surface area contributed by atoms with Crippen LogP contribution in [0.2, 0.25) is 0 Å². The van der Waals surface area contributed by atoms with Crippen molar-refractivity contribution in [1.29, 1.82) is 0 Å². The average Bonchev–Trinajstić information content (AvgIpc) is 3.33. The van der Waals surface area contributed by atoms with Crippen LogP contribution in [-0.4, -0.2) is 17.9 Å². The third kappa shape index (κ3) is 3.47. The maximum Gasteiger partial charge on any atom is 0.336 e. The molecule has 0 bridgehead atoms. The van der Waals surface area contributed by atoms with Gasteiger partial charge in [0.1, 0.15) is 5.78 Å². The first-order valence-corrected chi connectivity index (χ1v) is 11.3. The summed E-state index contributed by atoms with van der Waals surface area (Å²) in [6.45, 7) is 5.57. The van der Waals surface area contributed by atoms with Crippen molar-refractivity contribution in [1.82, 2.24) is 5.32 Å². The van der Waals surface area contributed by atoms with Gasteiger partial charge in [-0.05, 0) is 54.6 Å². The Balaban J connectivity index is 1.80. The number of ether oxygens (including phenoxy) is 1. The van der Waals surface area contributed by atoms with Crippen molar-refractivity contribution >= 4 is 34.4 Å². The van der Waals surface area contributed by atoms with Crippen molar-refractivity contribution in [3.63, 3.8) is 0 Å². The summed E-state index contributed by atoms with van der Waals surface area (Å²) in [5.41, 5.74) is 3.24. The Morgan fingerprint density at radius 1 is 1.25 bits per heavy atom. The molecule has 0 fully saturated rings. The van der Waals surface area contributed by atoms with Gasteiger partial charge in [-0.15, -0.1) is 11.3 Å². The van der Waals surface area contributed by atoms with E-state index in [9.17, 15) is 9.59 Å². The molecule has 4 nitrogen and oxygen atoms in total. The van der Waals surface area contributed by atoms with Gasteiger partial charge in [0.05, 0.1) is 17.6 Å². The minimum Gasteiger partial charge on any atom is -0.460 e. The summed E-state index contributed by atoms with van der Waals surface area (Å²) >= 11 is 3.25. The second-order valence-corrected chi connectivity index (χ2v) is 9.30. The fourth-order valence-electron chi connectivity index (χ4n) is 4.12. The van der Waals surface area contributed by atoms with E-state index in [1.54, 1.807) is 22.7 Å². The van der Waals surface area contributed by atoms with E-state index in [1.165, 1.54) is 4.88 Å². The van der Waals surface area contributed by atoms with E-state index in [1.807, 2.05) is 49.0 Å². The number of hydrogen-bond donors (Lipinski definition) is 1. The molecule has 3 unspecified atom stereocenters. The second-order valence-electron chi connectivity index (χ2n) is 7.54. The molecule has 0 saturated carbocycles. The normalized spacial score (nSPS) is 24.6. The summed E-state index contributed by atoms with van der Waals surface area (Å²) in [4.78, 5) is 27.4. The van der Waals surface area contributed by atoms with Crippen molar-refractivity contribution in [2.75, 3.05) is 0 Å². The van der Waals surface area contributed by atoms with Crippen molar-refractivity contribution in [3.05, 3.63) is 67.8 Å². The number of rotatable bonds is 4. The van der Waals surface area contributed by atoms with E-state index in [0.717, 1.165) is 17.0 Å². The van der Waals surface area contributed by atoms with Crippen LogP contribution >= 0.6 is 22.7 Å². The quantitative estimate of drug-likeness (QED) is 0.719. The zero-order valence-electron chi connectivity index (χ0n) is 16.1. The van der Waals surface area contributed by atoms with Crippen LogP contribution in [0.3, 0.4) is 0 Å². The summed E-state index contributed by atoms with van der Waals surface area (Å²) in [5, 5.41) is 9.42. The van der Waals surface area contributed by atoms with Gasteiger partial charge in [-0.3, -0.25) is 4.79 Å². The van der Waals surface area contributed by atoms with Crippen LogP contribution in [0.1, 0.15) is 49.5 Å². The molecule has 4 rings (SSSR count). The van der Waals surface area contributed by atoms with Crippen LogP contribution in [0, 0.1) is 5.92 Å². The number of esters is 1. The first-order chi connectivity index (χ1) is 13.5. The first kappa shape index (κ1) is 19.2. The van der Waals surface area contributed by atoms with Crippen LogP contribution in [-0.2, 0) is 14.3 Å². The summed E-state index contributed by atoms with van der Waals surface area (Å²) in [6, 6.07) is 6.10. The minimum absolute atomic E-state index is 0.0892. The molecule has 0 saturated heterocycles. The smallest absolute Gasteiger partial charge is 0.336 e. The molecular formula is C22H23NO3S2. The Labute approximate surface area is 172 Å². The molecule has 0 radical (unpaired) electrons. The third-order valence-electron chi connectivity index (χ3n) is 5.24. The number of fused-ring (bicyclic) bond motifs is 1. The number of carbonyl (C=O) groups excluding carboxylic acids is 2. The van der Waals surface area contributed by atoms with Gasteiger partial charge in [0, 0.05) is 34.5 Å². The highest BCUT2D eigenvalue weighted by molar-refractivity contribution is 7.10. The van der Waals surface area contributed by atoms with Crippen LogP contribution in [0.5, 0.6) is 0 Å². The molecule has 2 aromatic heterocycles. The monoisotopic (exact) mass is 413 g/mol. The summed E-state index contributed by atoms with van der Waals surface area (Å²) in [6.07, 6.45) is 2.42. The average molecular weight is 414 g/mol. The van der Waals surface area contributed by atoms with Gasteiger partial charge in [0.2, 0.25) is 0 Å². The number of carbonyl (C=O) groups is 2. The molecule has 0 aromatic carbocycles. The highest BCUT2D eigenvalue weighted by Crippen LogP contribution is 2.47. The molecule has 3 atom stereocenters. The van der Waals surface area contributed by atoms with E-state index in [4.69, 9.17) is 4.74 Å².